The Morgan fingerprint density at radius 2 is 1.50 bits per heavy atom. The Bertz CT molecular complexity index is 1080. The molecule has 0 aliphatic rings. The lowest BCUT2D eigenvalue weighted by molar-refractivity contribution is -0.118. The van der Waals surface area contributed by atoms with E-state index in [4.69, 9.17) is 0 Å². The third kappa shape index (κ3) is 3.77. The molecule has 1 amide bonds. The molecular formula is C22H17N3O2S. The molecule has 28 heavy (non-hydrogen) atoms. The van der Waals surface area contributed by atoms with Gasteiger partial charge in [0.25, 0.3) is 11.5 Å². The molecule has 0 unspecified atom stereocenters. The summed E-state index contributed by atoms with van der Waals surface area (Å²) in [5.74, 6) is -0.240. The Morgan fingerprint density at radius 1 is 0.857 bits per heavy atom. The third-order valence-electron chi connectivity index (χ3n) is 4.20. The van der Waals surface area contributed by atoms with Crippen LogP contribution >= 0.6 is 11.3 Å². The molecule has 4 aromatic rings. The van der Waals surface area contributed by atoms with Gasteiger partial charge < -0.3 is 0 Å². The van der Waals surface area contributed by atoms with Crippen LogP contribution < -0.4 is 10.5 Å². The lowest BCUT2D eigenvalue weighted by Crippen LogP contribution is -2.34. The van der Waals surface area contributed by atoms with E-state index in [1.54, 1.807) is 11.0 Å². The zero-order valence-electron chi connectivity index (χ0n) is 14.9. The number of thiophene rings is 1. The quantitative estimate of drug-likeness (QED) is 0.512. The van der Waals surface area contributed by atoms with Crippen LogP contribution in [-0.2, 0) is 11.3 Å². The summed E-state index contributed by atoms with van der Waals surface area (Å²) in [5.41, 5.74) is 1.84. The van der Waals surface area contributed by atoms with Crippen LogP contribution in [0.5, 0.6) is 0 Å². The molecule has 138 valence electrons. The fourth-order valence-electron chi connectivity index (χ4n) is 2.91. The first-order chi connectivity index (χ1) is 13.7. The number of anilines is 2. The fourth-order valence-corrected chi connectivity index (χ4v) is 3.60. The van der Waals surface area contributed by atoms with Crippen molar-refractivity contribution in [2.45, 2.75) is 6.54 Å². The first-order valence-corrected chi connectivity index (χ1v) is 9.65. The van der Waals surface area contributed by atoms with E-state index in [0.717, 1.165) is 16.3 Å². The van der Waals surface area contributed by atoms with Crippen molar-refractivity contribution < 1.29 is 4.79 Å². The van der Waals surface area contributed by atoms with Gasteiger partial charge in [0.15, 0.2) is 0 Å². The van der Waals surface area contributed by atoms with Crippen molar-refractivity contribution in [2.24, 2.45) is 0 Å². The van der Waals surface area contributed by atoms with E-state index in [0.29, 0.717) is 5.69 Å². The van der Waals surface area contributed by atoms with Gasteiger partial charge in [-0.1, -0.05) is 42.5 Å². The number of nitrogens with zero attached hydrogens (tertiary/aromatic N) is 3. The fraction of sp³-hybridized carbons (Fsp3) is 0.0455. The van der Waals surface area contributed by atoms with Crippen molar-refractivity contribution >= 4 is 28.6 Å². The molecule has 0 saturated carbocycles. The molecular weight excluding hydrogens is 370 g/mol. The van der Waals surface area contributed by atoms with Gasteiger partial charge in [0.1, 0.15) is 12.2 Å². The Labute approximate surface area is 166 Å². The average molecular weight is 387 g/mol. The highest BCUT2D eigenvalue weighted by molar-refractivity contribution is 7.13. The van der Waals surface area contributed by atoms with Gasteiger partial charge in [-0.2, -0.15) is 5.10 Å². The van der Waals surface area contributed by atoms with Gasteiger partial charge in [0, 0.05) is 17.4 Å². The largest absolute Gasteiger partial charge is 0.279 e. The monoisotopic (exact) mass is 387 g/mol. The SMILES string of the molecule is O=C(Cn1nc(-c2cccs2)ccc1=O)N(c1ccccc1)c1ccccc1. The van der Waals surface area contributed by atoms with Gasteiger partial charge in [-0.15, -0.1) is 11.3 Å². The molecule has 0 bridgehead atoms. The van der Waals surface area contributed by atoms with E-state index in [2.05, 4.69) is 5.10 Å². The minimum absolute atomic E-state index is 0.151. The van der Waals surface area contributed by atoms with Crippen molar-refractivity contribution in [3.63, 3.8) is 0 Å². The summed E-state index contributed by atoms with van der Waals surface area (Å²) in [4.78, 5) is 28.0. The molecule has 0 aliphatic heterocycles. The molecule has 2 aromatic carbocycles. The van der Waals surface area contributed by atoms with Gasteiger partial charge >= 0.3 is 0 Å². The Balaban J connectivity index is 1.69. The van der Waals surface area contributed by atoms with E-state index in [9.17, 15) is 9.59 Å². The number of aromatic nitrogens is 2. The normalized spacial score (nSPS) is 10.6. The maximum absolute atomic E-state index is 13.2. The topological polar surface area (TPSA) is 55.2 Å². The summed E-state index contributed by atoms with van der Waals surface area (Å²) < 4.78 is 1.22. The molecule has 0 fully saturated rings. The summed E-state index contributed by atoms with van der Waals surface area (Å²) in [6, 6.07) is 25.7. The predicted molar refractivity (Wildman–Crippen MR) is 112 cm³/mol. The smallest absolute Gasteiger partial charge is 0.267 e. The summed E-state index contributed by atoms with van der Waals surface area (Å²) >= 11 is 1.54. The number of amides is 1. The minimum Gasteiger partial charge on any atom is -0.279 e. The molecule has 0 aliphatic carbocycles. The van der Waals surface area contributed by atoms with Crippen LogP contribution in [0.4, 0.5) is 11.4 Å². The third-order valence-corrected chi connectivity index (χ3v) is 5.10. The lowest BCUT2D eigenvalue weighted by atomic mass is 10.2. The van der Waals surface area contributed by atoms with Crippen molar-refractivity contribution in [2.75, 3.05) is 4.90 Å². The first kappa shape index (κ1) is 17.9. The molecule has 2 heterocycles. The number of carbonyl (C=O) groups is 1. The van der Waals surface area contributed by atoms with Crippen LogP contribution in [0.15, 0.2) is 95.1 Å². The second-order valence-corrected chi connectivity index (χ2v) is 7.04. The second-order valence-electron chi connectivity index (χ2n) is 6.09. The Kier molecular flexibility index (Phi) is 5.12. The zero-order chi connectivity index (χ0) is 19.3. The summed E-state index contributed by atoms with van der Waals surface area (Å²) in [6.45, 7) is -0.151. The van der Waals surface area contributed by atoms with E-state index in [1.165, 1.54) is 22.1 Å². The summed E-state index contributed by atoms with van der Waals surface area (Å²) in [7, 11) is 0. The second kappa shape index (κ2) is 8.02. The highest BCUT2D eigenvalue weighted by Crippen LogP contribution is 2.25. The molecule has 0 atom stereocenters. The van der Waals surface area contributed by atoms with Gasteiger partial charge in [-0.05, 0) is 41.8 Å². The molecule has 5 nitrogen and oxygen atoms in total. The molecule has 4 rings (SSSR count). The maximum Gasteiger partial charge on any atom is 0.267 e. The number of para-hydroxylation sites is 2. The molecule has 0 N–H and O–H groups in total. The van der Waals surface area contributed by atoms with Crippen LogP contribution in [0, 0.1) is 0 Å². The van der Waals surface area contributed by atoms with Crippen molar-refractivity contribution in [3.8, 4) is 10.6 Å². The average Bonchev–Trinajstić information content (AvgIpc) is 3.26. The minimum atomic E-state index is -0.310. The number of hydrogen-bond donors (Lipinski definition) is 0. The molecule has 0 spiro atoms. The number of carbonyl (C=O) groups excluding carboxylic acids is 1. The number of rotatable bonds is 5. The molecule has 2 aromatic heterocycles. The number of benzene rings is 2. The van der Waals surface area contributed by atoms with E-state index < -0.39 is 0 Å². The molecule has 6 heteroatoms. The summed E-state index contributed by atoms with van der Waals surface area (Å²) in [5, 5.41) is 6.34. The van der Waals surface area contributed by atoms with Crippen molar-refractivity contribution in [3.05, 3.63) is 101 Å². The molecule has 0 saturated heterocycles. The van der Waals surface area contributed by atoms with Crippen LogP contribution in [0.3, 0.4) is 0 Å². The first-order valence-electron chi connectivity index (χ1n) is 8.77. The highest BCUT2D eigenvalue weighted by Gasteiger charge is 2.19. The van der Waals surface area contributed by atoms with Crippen LogP contribution in [0.2, 0.25) is 0 Å². The Morgan fingerprint density at radius 3 is 2.07 bits per heavy atom. The van der Waals surface area contributed by atoms with E-state index in [1.807, 2.05) is 78.2 Å². The van der Waals surface area contributed by atoms with E-state index in [-0.39, 0.29) is 18.0 Å². The predicted octanol–water partition coefficient (Wildman–Crippen LogP) is 4.34. The van der Waals surface area contributed by atoms with Crippen LogP contribution in [0.25, 0.3) is 10.6 Å². The van der Waals surface area contributed by atoms with Gasteiger partial charge in [-0.3, -0.25) is 14.5 Å². The van der Waals surface area contributed by atoms with Crippen molar-refractivity contribution in [1.29, 1.82) is 0 Å². The van der Waals surface area contributed by atoms with Gasteiger partial charge in [0.05, 0.1) is 4.88 Å². The standard InChI is InChI=1S/C22H17N3O2S/c26-21-14-13-19(20-12-7-15-28-20)23-24(21)16-22(27)25(17-8-3-1-4-9-17)18-10-5-2-6-11-18/h1-15H,16H2. The maximum atomic E-state index is 13.2. The molecule has 0 radical (unpaired) electrons. The van der Waals surface area contributed by atoms with E-state index >= 15 is 0 Å². The summed E-state index contributed by atoms with van der Waals surface area (Å²) in [6.07, 6.45) is 0. The number of hydrogen-bond acceptors (Lipinski definition) is 4. The van der Waals surface area contributed by atoms with Crippen LogP contribution in [0.1, 0.15) is 0 Å². The Hall–Kier alpha value is -3.51. The lowest BCUT2D eigenvalue weighted by Gasteiger charge is -2.23. The van der Waals surface area contributed by atoms with Gasteiger partial charge in [-0.25, -0.2) is 4.68 Å². The van der Waals surface area contributed by atoms with Gasteiger partial charge in [0.2, 0.25) is 0 Å². The zero-order valence-corrected chi connectivity index (χ0v) is 15.8. The van der Waals surface area contributed by atoms with Crippen molar-refractivity contribution in [1.82, 2.24) is 9.78 Å². The van der Waals surface area contributed by atoms with Crippen LogP contribution in [-0.4, -0.2) is 15.7 Å². The highest BCUT2D eigenvalue weighted by atomic mass is 32.1.